The van der Waals surface area contributed by atoms with Crippen LogP contribution in [-0.2, 0) is 0 Å². The lowest BCUT2D eigenvalue weighted by atomic mass is 10.0. The molecule has 0 aromatic carbocycles. The summed E-state index contributed by atoms with van der Waals surface area (Å²) in [6.45, 7) is 0. The van der Waals surface area contributed by atoms with Crippen LogP contribution in [0.1, 0.15) is 0 Å². The van der Waals surface area contributed by atoms with Gasteiger partial charge in [0.1, 0.15) is 0 Å². The minimum absolute atomic E-state index is 0.00248. The largest absolute Gasteiger partial charge is 0.401 e. The molecule has 0 saturated carbocycles. The topological polar surface area (TPSA) is 0 Å². The first-order valence-corrected chi connectivity index (χ1v) is 4.00. The Balaban J connectivity index is 2.86. The maximum atomic E-state index is 12.4. The fourth-order valence-electron chi connectivity index (χ4n) is 0.956. The number of hydrogen-bond donors (Lipinski definition) is 0. The molecule has 0 spiro atoms. The molecule has 1 heterocycles. The van der Waals surface area contributed by atoms with E-state index >= 15 is 0 Å². The molecule has 1 aliphatic heterocycles. The van der Waals surface area contributed by atoms with Gasteiger partial charge in [0.15, 0.2) is 11.4 Å². The Morgan fingerprint density at radius 3 is 1.92 bits per heavy atom. The molecule has 7 heteroatoms. The van der Waals surface area contributed by atoms with Crippen molar-refractivity contribution in [3.8, 4) is 0 Å². The molecule has 0 aromatic rings. The standard InChI is InChI=1S/C5H4F6S/c6-3-2(5(9,10)11)4(7,8)1-12-3/h2-3H,1H2. The molecule has 0 radical (unpaired) electrons. The molecule has 1 fully saturated rings. The Morgan fingerprint density at radius 2 is 1.75 bits per heavy atom. The van der Waals surface area contributed by atoms with Crippen molar-refractivity contribution in [2.75, 3.05) is 5.75 Å². The smallest absolute Gasteiger partial charge is 0.235 e. The summed E-state index contributed by atoms with van der Waals surface area (Å²) < 4.78 is 72.4. The predicted molar refractivity (Wildman–Crippen MR) is 31.8 cm³/mol. The van der Waals surface area contributed by atoms with Crippen molar-refractivity contribution < 1.29 is 26.3 Å². The van der Waals surface area contributed by atoms with Gasteiger partial charge in [-0.1, -0.05) is 0 Å². The van der Waals surface area contributed by atoms with Gasteiger partial charge in [-0.3, -0.25) is 0 Å². The van der Waals surface area contributed by atoms with E-state index in [4.69, 9.17) is 0 Å². The molecule has 2 atom stereocenters. The van der Waals surface area contributed by atoms with Gasteiger partial charge in [-0.25, -0.2) is 13.2 Å². The van der Waals surface area contributed by atoms with Crippen molar-refractivity contribution in [2.24, 2.45) is 5.92 Å². The molecule has 1 rings (SSSR count). The summed E-state index contributed by atoms with van der Waals surface area (Å²) in [7, 11) is 0. The van der Waals surface area contributed by atoms with Crippen molar-refractivity contribution in [1.29, 1.82) is 0 Å². The van der Waals surface area contributed by atoms with Gasteiger partial charge in [0.25, 0.3) is 5.92 Å². The van der Waals surface area contributed by atoms with Crippen LogP contribution < -0.4 is 0 Å². The molecule has 0 amide bonds. The summed E-state index contributed by atoms with van der Waals surface area (Å²) in [6.07, 6.45) is -5.16. The molecule has 0 N–H and O–H groups in total. The van der Waals surface area contributed by atoms with Gasteiger partial charge < -0.3 is 0 Å². The summed E-state index contributed by atoms with van der Waals surface area (Å²) in [6, 6.07) is 0. The van der Waals surface area contributed by atoms with E-state index in [1.54, 1.807) is 0 Å². The van der Waals surface area contributed by atoms with E-state index in [9.17, 15) is 26.3 Å². The lowest BCUT2D eigenvalue weighted by molar-refractivity contribution is -0.236. The highest BCUT2D eigenvalue weighted by Gasteiger charge is 2.64. The second-order valence-electron chi connectivity index (χ2n) is 2.44. The summed E-state index contributed by atoms with van der Waals surface area (Å²) in [5, 5.41) is 0. The highest BCUT2D eigenvalue weighted by atomic mass is 32.2. The maximum absolute atomic E-state index is 12.4. The van der Waals surface area contributed by atoms with Gasteiger partial charge >= 0.3 is 6.18 Å². The monoisotopic (exact) mass is 210 g/mol. The van der Waals surface area contributed by atoms with Crippen molar-refractivity contribution >= 4 is 11.8 Å². The molecule has 2 unspecified atom stereocenters. The van der Waals surface area contributed by atoms with Crippen LogP contribution in [0.4, 0.5) is 26.3 Å². The average molecular weight is 210 g/mol. The van der Waals surface area contributed by atoms with Gasteiger partial charge in [-0.15, -0.1) is 11.8 Å². The Morgan fingerprint density at radius 1 is 1.25 bits per heavy atom. The minimum atomic E-state index is -5.16. The van der Waals surface area contributed by atoms with Gasteiger partial charge in [0.2, 0.25) is 0 Å². The molecule has 1 aliphatic rings. The molecule has 0 aromatic heterocycles. The summed E-state index contributed by atoms with van der Waals surface area (Å²) >= 11 is 0.00248. The van der Waals surface area contributed by atoms with Crippen molar-refractivity contribution in [3.05, 3.63) is 0 Å². The number of alkyl halides is 6. The van der Waals surface area contributed by atoms with E-state index in [0.717, 1.165) is 0 Å². The van der Waals surface area contributed by atoms with Gasteiger partial charge in [0.05, 0.1) is 5.75 Å². The Kier molecular flexibility index (Phi) is 2.26. The molecule has 12 heavy (non-hydrogen) atoms. The van der Waals surface area contributed by atoms with Crippen LogP contribution in [0.25, 0.3) is 0 Å². The average Bonchev–Trinajstić information content (AvgIpc) is 2.03. The minimum Gasteiger partial charge on any atom is -0.235 e. The van der Waals surface area contributed by atoms with Crippen molar-refractivity contribution in [2.45, 2.75) is 17.6 Å². The van der Waals surface area contributed by atoms with Crippen LogP contribution in [0.2, 0.25) is 0 Å². The lowest BCUT2D eigenvalue weighted by Crippen LogP contribution is -2.40. The summed E-state index contributed by atoms with van der Waals surface area (Å²) in [5.41, 5.74) is -2.54. The summed E-state index contributed by atoms with van der Waals surface area (Å²) in [4.78, 5) is 0. The molecule has 0 nitrogen and oxygen atoms in total. The number of hydrogen-bond acceptors (Lipinski definition) is 1. The van der Waals surface area contributed by atoms with E-state index in [-0.39, 0.29) is 11.8 Å². The highest BCUT2D eigenvalue weighted by molar-refractivity contribution is 8.00. The Hall–Kier alpha value is -0.0700. The van der Waals surface area contributed by atoms with E-state index < -0.39 is 29.3 Å². The third-order valence-electron chi connectivity index (χ3n) is 1.50. The lowest BCUT2D eigenvalue weighted by Gasteiger charge is -2.21. The molecular formula is C5H4F6S. The SMILES string of the molecule is FC1SCC(F)(F)C1C(F)(F)F. The first-order chi connectivity index (χ1) is 5.25. The van der Waals surface area contributed by atoms with Crippen LogP contribution in [0.5, 0.6) is 0 Å². The number of halogens is 6. The summed E-state index contributed by atoms with van der Waals surface area (Å²) in [5.74, 6) is -8.21. The molecule has 72 valence electrons. The highest BCUT2D eigenvalue weighted by Crippen LogP contribution is 2.51. The zero-order valence-electron chi connectivity index (χ0n) is 5.54. The van der Waals surface area contributed by atoms with Crippen LogP contribution >= 0.6 is 11.8 Å². The fraction of sp³-hybridized carbons (Fsp3) is 1.00. The van der Waals surface area contributed by atoms with Gasteiger partial charge in [-0.05, 0) is 0 Å². The van der Waals surface area contributed by atoms with E-state index in [1.807, 2.05) is 0 Å². The predicted octanol–water partition coefficient (Wildman–Crippen LogP) is 2.84. The Labute approximate surface area is 68.3 Å². The zero-order valence-corrected chi connectivity index (χ0v) is 6.35. The normalized spacial score (nSPS) is 35.5. The second-order valence-corrected chi connectivity index (χ2v) is 3.51. The van der Waals surface area contributed by atoms with Crippen LogP contribution in [0, 0.1) is 5.92 Å². The first kappa shape index (κ1) is 10.0. The quantitative estimate of drug-likeness (QED) is 0.554. The zero-order chi connectivity index (χ0) is 9.57. The van der Waals surface area contributed by atoms with Crippen molar-refractivity contribution in [1.82, 2.24) is 0 Å². The van der Waals surface area contributed by atoms with E-state index in [2.05, 4.69) is 0 Å². The van der Waals surface area contributed by atoms with Crippen LogP contribution in [0.15, 0.2) is 0 Å². The van der Waals surface area contributed by atoms with E-state index in [0.29, 0.717) is 0 Å². The third kappa shape index (κ3) is 1.65. The van der Waals surface area contributed by atoms with Gasteiger partial charge in [-0.2, -0.15) is 13.2 Å². The van der Waals surface area contributed by atoms with Crippen LogP contribution in [-0.4, -0.2) is 23.4 Å². The molecule has 1 saturated heterocycles. The third-order valence-corrected chi connectivity index (χ3v) is 2.65. The van der Waals surface area contributed by atoms with Crippen molar-refractivity contribution in [3.63, 3.8) is 0 Å². The van der Waals surface area contributed by atoms with Gasteiger partial charge in [0, 0.05) is 0 Å². The maximum Gasteiger partial charge on any atom is 0.401 e. The molecule has 0 aliphatic carbocycles. The molecule has 0 bridgehead atoms. The first-order valence-electron chi connectivity index (χ1n) is 2.95. The van der Waals surface area contributed by atoms with E-state index in [1.165, 1.54) is 0 Å². The molecular weight excluding hydrogens is 206 g/mol. The fourth-order valence-corrected chi connectivity index (χ4v) is 2.06. The van der Waals surface area contributed by atoms with Crippen LogP contribution in [0.3, 0.4) is 0 Å². The second kappa shape index (κ2) is 2.71. The number of rotatable bonds is 0. The number of thioether (sulfide) groups is 1. The Bertz CT molecular complexity index is 175.